The van der Waals surface area contributed by atoms with Crippen molar-refractivity contribution >= 4 is 23.4 Å². The van der Waals surface area contributed by atoms with Crippen LogP contribution in [-0.4, -0.2) is 74.4 Å². The van der Waals surface area contributed by atoms with Gasteiger partial charge in [-0.1, -0.05) is 30.3 Å². The van der Waals surface area contributed by atoms with Gasteiger partial charge in [0.15, 0.2) is 11.4 Å². The summed E-state index contributed by atoms with van der Waals surface area (Å²) in [5.41, 5.74) is 3.66. The van der Waals surface area contributed by atoms with Crippen molar-refractivity contribution in [1.29, 1.82) is 0 Å². The third kappa shape index (κ3) is 4.11. The van der Waals surface area contributed by atoms with Crippen molar-refractivity contribution in [3.05, 3.63) is 75.8 Å². The summed E-state index contributed by atoms with van der Waals surface area (Å²) in [5, 5.41) is 48.1. The van der Waals surface area contributed by atoms with E-state index in [2.05, 4.69) is 5.32 Å². The van der Waals surface area contributed by atoms with E-state index in [9.17, 15) is 39.6 Å². The fourth-order valence-electron chi connectivity index (χ4n) is 6.60. The molecule has 2 aromatic carbocycles. The summed E-state index contributed by atoms with van der Waals surface area (Å²) in [6.07, 6.45) is 0.154. The SMILES string of the molecule is CC(=O)NCc1cc(-c2ccccc2)c2c(c1O)C(=O)C1=C(O)C3(O)C(=O)C(C(N)=O)=C(O)C(N(C)C)C3CC1C2. The highest BCUT2D eigenvalue weighted by molar-refractivity contribution is 6.25. The molecular weight excluding hydrogens is 530 g/mol. The number of benzene rings is 2. The Labute approximate surface area is 235 Å². The Morgan fingerprint density at radius 3 is 2.37 bits per heavy atom. The standard InChI is InChI=1S/C30H31N3O8/c1-13(34)32-12-16-10-17(14-7-5-4-6-8-14)18-9-15-11-19-23(33(2)3)26(37)22(29(31)40)28(39)30(19,41)27(38)20(15)25(36)21(18)24(16)35/h4-8,10,15,19,23,35,37-38,41H,9,11-12H2,1-3H3,(H2,31,40)(H,32,34). The molecule has 0 heterocycles. The molecule has 2 aromatic rings. The number of likely N-dealkylation sites (N-methyl/N-ethyl adjacent to an activating group) is 1. The van der Waals surface area contributed by atoms with Crippen molar-refractivity contribution in [2.75, 3.05) is 14.1 Å². The number of carbonyl (C=O) groups is 4. The van der Waals surface area contributed by atoms with E-state index in [4.69, 9.17) is 5.73 Å². The van der Waals surface area contributed by atoms with Gasteiger partial charge < -0.3 is 31.5 Å². The number of hydrogen-bond acceptors (Lipinski definition) is 9. The molecule has 0 aliphatic heterocycles. The highest BCUT2D eigenvalue weighted by Gasteiger charge is 2.63. The number of amides is 2. The normalized spacial score (nSPS) is 25.5. The van der Waals surface area contributed by atoms with Gasteiger partial charge in [-0.2, -0.15) is 0 Å². The lowest BCUT2D eigenvalue weighted by Crippen LogP contribution is -2.63. The quantitative estimate of drug-likeness (QED) is 0.293. The van der Waals surface area contributed by atoms with Gasteiger partial charge in [0.05, 0.1) is 11.6 Å². The highest BCUT2D eigenvalue weighted by Crippen LogP contribution is 2.53. The number of Topliss-reactive ketones (excluding diaryl/α,β-unsaturated/α-hetero) is 2. The Morgan fingerprint density at radius 1 is 1.12 bits per heavy atom. The summed E-state index contributed by atoms with van der Waals surface area (Å²) in [6, 6.07) is 9.82. The Hall–Kier alpha value is -4.48. The van der Waals surface area contributed by atoms with E-state index in [1.807, 2.05) is 30.3 Å². The average molecular weight is 562 g/mol. The molecule has 2 amide bonds. The maximum atomic E-state index is 14.1. The molecule has 0 fully saturated rings. The van der Waals surface area contributed by atoms with Gasteiger partial charge in [0.2, 0.25) is 11.7 Å². The van der Waals surface area contributed by atoms with E-state index < -0.39 is 58.0 Å². The van der Waals surface area contributed by atoms with Crippen LogP contribution in [0.15, 0.2) is 59.1 Å². The molecule has 3 aliphatic carbocycles. The number of phenols is 1. The van der Waals surface area contributed by atoms with E-state index in [1.54, 1.807) is 20.2 Å². The molecule has 0 aromatic heterocycles. The fourth-order valence-corrected chi connectivity index (χ4v) is 6.60. The molecule has 11 heteroatoms. The lowest BCUT2D eigenvalue weighted by molar-refractivity contribution is -0.148. The molecular formula is C30H31N3O8. The number of aliphatic hydroxyl groups is 3. The van der Waals surface area contributed by atoms with Gasteiger partial charge in [-0.25, -0.2) is 0 Å². The van der Waals surface area contributed by atoms with E-state index >= 15 is 0 Å². The van der Waals surface area contributed by atoms with Crippen molar-refractivity contribution in [1.82, 2.24) is 10.2 Å². The number of primary amides is 1. The minimum Gasteiger partial charge on any atom is -0.510 e. The molecule has 214 valence electrons. The molecule has 0 saturated carbocycles. The average Bonchev–Trinajstić information content (AvgIpc) is 2.90. The Bertz CT molecular complexity index is 1580. The van der Waals surface area contributed by atoms with Crippen molar-refractivity contribution < 1.29 is 39.6 Å². The first-order chi connectivity index (χ1) is 19.3. The number of ketones is 2. The molecule has 3 aliphatic rings. The molecule has 41 heavy (non-hydrogen) atoms. The van der Waals surface area contributed by atoms with Gasteiger partial charge in [-0.15, -0.1) is 0 Å². The smallest absolute Gasteiger partial charge is 0.255 e. The molecule has 0 saturated heterocycles. The molecule has 5 rings (SSSR count). The summed E-state index contributed by atoms with van der Waals surface area (Å²) < 4.78 is 0. The Morgan fingerprint density at radius 2 is 1.78 bits per heavy atom. The zero-order valence-electron chi connectivity index (χ0n) is 22.8. The zero-order chi connectivity index (χ0) is 30.0. The second-order valence-corrected chi connectivity index (χ2v) is 11.0. The second-order valence-electron chi connectivity index (χ2n) is 11.0. The number of nitrogens with two attached hydrogens (primary N) is 1. The van der Waals surface area contributed by atoms with Gasteiger partial charge in [0.25, 0.3) is 5.91 Å². The van der Waals surface area contributed by atoms with Crippen LogP contribution in [0, 0.1) is 11.8 Å². The van der Waals surface area contributed by atoms with Crippen LogP contribution in [0.2, 0.25) is 0 Å². The number of aromatic hydroxyl groups is 1. The monoisotopic (exact) mass is 561 g/mol. The number of allylic oxidation sites excluding steroid dienone is 1. The van der Waals surface area contributed by atoms with E-state index in [-0.39, 0.29) is 47.7 Å². The third-order valence-electron chi connectivity index (χ3n) is 8.41. The summed E-state index contributed by atoms with van der Waals surface area (Å²) in [6.45, 7) is 1.25. The minimum absolute atomic E-state index is 0.00556. The van der Waals surface area contributed by atoms with E-state index in [0.29, 0.717) is 11.1 Å². The van der Waals surface area contributed by atoms with E-state index in [1.165, 1.54) is 11.8 Å². The summed E-state index contributed by atoms with van der Waals surface area (Å²) in [5.74, 6) is -7.43. The number of phenolic OH excluding ortho intramolecular Hbond substituents is 1. The van der Waals surface area contributed by atoms with Crippen molar-refractivity contribution in [2.24, 2.45) is 17.6 Å². The topological polar surface area (TPSA) is 190 Å². The van der Waals surface area contributed by atoms with Gasteiger partial charge in [0.1, 0.15) is 22.8 Å². The summed E-state index contributed by atoms with van der Waals surface area (Å²) >= 11 is 0. The van der Waals surface area contributed by atoms with Crippen molar-refractivity contribution in [2.45, 2.75) is 38.0 Å². The molecule has 0 spiro atoms. The highest BCUT2D eigenvalue weighted by atomic mass is 16.3. The predicted molar refractivity (Wildman–Crippen MR) is 147 cm³/mol. The van der Waals surface area contributed by atoms with Gasteiger partial charge >= 0.3 is 0 Å². The molecule has 4 unspecified atom stereocenters. The van der Waals surface area contributed by atoms with E-state index in [0.717, 1.165) is 5.56 Å². The van der Waals surface area contributed by atoms with Crippen LogP contribution in [0.25, 0.3) is 11.1 Å². The number of hydrogen-bond donors (Lipinski definition) is 6. The zero-order valence-corrected chi connectivity index (χ0v) is 22.8. The molecule has 4 atom stereocenters. The van der Waals surface area contributed by atoms with Crippen molar-refractivity contribution in [3.8, 4) is 16.9 Å². The Kier molecular flexibility index (Phi) is 6.75. The van der Waals surface area contributed by atoms with Crippen LogP contribution >= 0.6 is 0 Å². The van der Waals surface area contributed by atoms with Gasteiger partial charge in [-0.3, -0.25) is 24.1 Å². The summed E-state index contributed by atoms with van der Waals surface area (Å²) in [7, 11) is 3.16. The molecule has 7 N–H and O–H groups in total. The number of nitrogens with zero attached hydrogens (tertiary/aromatic N) is 1. The van der Waals surface area contributed by atoms with Gasteiger partial charge in [-0.05, 0) is 55.6 Å². The first-order valence-corrected chi connectivity index (χ1v) is 13.1. The summed E-state index contributed by atoms with van der Waals surface area (Å²) in [4.78, 5) is 52.9. The molecule has 11 nitrogen and oxygen atoms in total. The van der Waals surface area contributed by atoms with Crippen LogP contribution in [0.4, 0.5) is 0 Å². The van der Waals surface area contributed by atoms with Crippen LogP contribution < -0.4 is 11.1 Å². The Balaban J connectivity index is 1.75. The maximum absolute atomic E-state index is 14.1. The second kappa shape index (κ2) is 9.86. The van der Waals surface area contributed by atoms with Crippen LogP contribution in [0.3, 0.4) is 0 Å². The largest absolute Gasteiger partial charge is 0.510 e. The van der Waals surface area contributed by atoms with Crippen molar-refractivity contribution in [3.63, 3.8) is 0 Å². The lowest BCUT2D eigenvalue weighted by Gasteiger charge is -2.50. The lowest BCUT2D eigenvalue weighted by atomic mass is 9.58. The maximum Gasteiger partial charge on any atom is 0.255 e. The predicted octanol–water partition coefficient (Wildman–Crippen LogP) is 1.42. The minimum atomic E-state index is -2.71. The number of fused-ring (bicyclic) bond motifs is 3. The third-order valence-corrected chi connectivity index (χ3v) is 8.41. The first kappa shape index (κ1) is 28.1. The fraction of sp³-hybridized carbons (Fsp3) is 0.333. The number of nitrogens with one attached hydrogen (secondary N) is 1. The number of carbonyl (C=O) groups excluding carboxylic acids is 4. The number of aliphatic hydroxyl groups excluding tert-OH is 2. The van der Waals surface area contributed by atoms with Crippen LogP contribution in [0.1, 0.15) is 34.8 Å². The van der Waals surface area contributed by atoms with Gasteiger partial charge in [0, 0.05) is 30.5 Å². The first-order valence-electron chi connectivity index (χ1n) is 13.1. The molecule has 0 bridgehead atoms. The van der Waals surface area contributed by atoms with Crippen LogP contribution in [-0.2, 0) is 27.3 Å². The van der Waals surface area contributed by atoms with Crippen LogP contribution in [0.5, 0.6) is 5.75 Å². The number of rotatable bonds is 5. The molecule has 0 radical (unpaired) electrons.